The molecule has 0 heterocycles. The van der Waals surface area contributed by atoms with Crippen molar-refractivity contribution in [1.29, 1.82) is 0 Å². The Kier molecular flexibility index (Phi) is 3.57. The molecule has 0 aliphatic heterocycles. The molecule has 0 atom stereocenters. The van der Waals surface area contributed by atoms with Crippen molar-refractivity contribution < 1.29 is 4.92 Å². The molecule has 0 saturated carbocycles. The minimum atomic E-state index is -0.236. The lowest BCUT2D eigenvalue weighted by molar-refractivity contribution is -0.387. The third-order valence-corrected chi connectivity index (χ3v) is 3.05. The molecule has 3 nitrogen and oxygen atoms in total. The van der Waals surface area contributed by atoms with Crippen LogP contribution in [0.2, 0.25) is 0 Å². The fraction of sp³-hybridized carbons (Fsp3) is 0.600. The van der Waals surface area contributed by atoms with Crippen molar-refractivity contribution in [1.82, 2.24) is 0 Å². The van der Waals surface area contributed by atoms with Gasteiger partial charge < -0.3 is 0 Å². The van der Waals surface area contributed by atoms with Crippen molar-refractivity contribution >= 4 is 5.69 Å². The minimum Gasteiger partial charge on any atom is -0.258 e. The predicted octanol–water partition coefficient (Wildman–Crippen LogP) is 4.50. The predicted molar refractivity (Wildman–Crippen MR) is 75.2 cm³/mol. The molecule has 0 N–H and O–H groups in total. The molecule has 0 aromatic heterocycles. The van der Waals surface area contributed by atoms with Crippen LogP contribution < -0.4 is 0 Å². The monoisotopic (exact) mass is 249 g/mol. The number of nitro benzene ring substituents is 1. The molecule has 0 saturated heterocycles. The van der Waals surface area contributed by atoms with E-state index in [0.717, 1.165) is 16.7 Å². The first kappa shape index (κ1) is 14.7. The SMILES string of the molecule is Cc1cc(C(C)(C)C)c([N+](=O)[O-])c(C(C)(C)C)c1. The Hall–Kier alpha value is -1.38. The molecule has 0 aliphatic carbocycles. The lowest BCUT2D eigenvalue weighted by Gasteiger charge is -2.25. The van der Waals surface area contributed by atoms with Crippen molar-refractivity contribution in [2.45, 2.75) is 59.3 Å². The smallest absolute Gasteiger partial charge is 0.258 e. The van der Waals surface area contributed by atoms with Crippen molar-refractivity contribution in [3.05, 3.63) is 38.9 Å². The summed E-state index contributed by atoms with van der Waals surface area (Å²) in [6.45, 7) is 14.1. The number of benzene rings is 1. The molecule has 0 bridgehead atoms. The first-order valence-electron chi connectivity index (χ1n) is 6.24. The normalized spacial score (nSPS) is 12.6. The van der Waals surface area contributed by atoms with Crippen molar-refractivity contribution in [2.75, 3.05) is 0 Å². The van der Waals surface area contributed by atoms with Gasteiger partial charge in [-0.2, -0.15) is 0 Å². The van der Waals surface area contributed by atoms with Crippen LogP contribution in [0.5, 0.6) is 0 Å². The number of hydrogen-bond donors (Lipinski definition) is 0. The molecule has 1 aromatic carbocycles. The minimum absolute atomic E-state index is 0.228. The third-order valence-electron chi connectivity index (χ3n) is 3.05. The Bertz CT molecular complexity index is 441. The highest BCUT2D eigenvalue weighted by Gasteiger charge is 2.32. The topological polar surface area (TPSA) is 43.1 Å². The Morgan fingerprint density at radius 3 is 1.50 bits per heavy atom. The summed E-state index contributed by atoms with van der Waals surface area (Å²) in [7, 11) is 0. The van der Waals surface area contributed by atoms with Gasteiger partial charge in [0.1, 0.15) is 0 Å². The highest BCUT2D eigenvalue weighted by molar-refractivity contribution is 5.55. The Labute approximate surface area is 109 Å². The Morgan fingerprint density at radius 1 is 0.944 bits per heavy atom. The molecule has 0 spiro atoms. The molecule has 0 aliphatic rings. The summed E-state index contributed by atoms with van der Waals surface area (Å²) in [5.74, 6) is 0. The number of rotatable bonds is 1. The van der Waals surface area contributed by atoms with Crippen LogP contribution in [0.3, 0.4) is 0 Å². The number of nitrogens with zero attached hydrogens (tertiary/aromatic N) is 1. The van der Waals surface area contributed by atoms with Gasteiger partial charge in [-0.05, 0) is 29.9 Å². The maximum atomic E-state index is 11.5. The molecule has 18 heavy (non-hydrogen) atoms. The molecule has 0 fully saturated rings. The van der Waals surface area contributed by atoms with E-state index in [1.807, 2.05) is 60.6 Å². The van der Waals surface area contributed by atoms with Gasteiger partial charge in [-0.3, -0.25) is 10.1 Å². The van der Waals surface area contributed by atoms with Crippen LogP contribution in [0.25, 0.3) is 0 Å². The second-order valence-electron chi connectivity index (χ2n) is 6.97. The largest absolute Gasteiger partial charge is 0.276 e. The van der Waals surface area contributed by atoms with E-state index in [1.165, 1.54) is 0 Å². The molecule has 1 rings (SSSR count). The van der Waals surface area contributed by atoms with Gasteiger partial charge in [-0.1, -0.05) is 47.1 Å². The van der Waals surface area contributed by atoms with Crippen LogP contribution in [0.4, 0.5) is 5.69 Å². The van der Waals surface area contributed by atoms with E-state index < -0.39 is 0 Å². The van der Waals surface area contributed by atoms with Crippen LogP contribution in [0.1, 0.15) is 58.2 Å². The zero-order valence-corrected chi connectivity index (χ0v) is 12.4. The van der Waals surface area contributed by atoms with Gasteiger partial charge in [0.2, 0.25) is 0 Å². The molecular formula is C15H23NO2. The fourth-order valence-corrected chi connectivity index (χ4v) is 2.12. The van der Waals surface area contributed by atoms with E-state index in [-0.39, 0.29) is 21.4 Å². The molecule has 0 unspecified atom stereocenters. The van der Waals surface area contributed by atoms with Gasteiger partial charge in [-0.25, -0.2) is 0 Å². The van der Waals surface area contributed by atoms with Crippen molar-refractivity contribution in [3.63, 3.8) is 0 Å². The summed E-state index contributed by atoms with van der Waals surface area (Å²) in [5.41, 5.74) is 2.54. The van der Waals surface area contributed by atoms with E-state index >= 15 is 0 Å². The van der Waals surface area contributed by atoms with Gasteiger partial charge in [-0.15, -0.1) is 0 Å². The van der Waals surface area contributed by atoms with Gasteiger partial charge >= 0.3 is 0 Å². The summed E-state index contributed by atoms with van der Waals surface area (Å²) in [5, 5.41) is 11.5. The van der Waals surface area contributed by atoms with Crippen LogP contribution >= 0.6 is 0 Å². The van der Waals surface area contributed by atoms with E-state index in [0.29, 0.717) is 0 Å². The first-order valence-corrected chi connectivity index (χ1v) is 6.24. The van der Waals surface area contributed by atoms with E-state index in [4.69, 9.17) is 0 Å². The summed E-state index contributed by atoms with van der Waals surface area (Å²) < 4.78 is 0. The zero-order chi connectivity index (χ0) is 14.3. The van der Waals surface area contributed by atoms with Crippen LogP contribution in [-0.4, -0.2) is 4.92 Å². The second-order valence-corrected chi connectivity index (χ2v) is 6.97. The molecule has 0 amide bonds. The average molecular weight is 249 g/mol. The average Bonchev–Trinajstić information content (AvgIpc) is 2.12. The molecule has 100 valence electrons. The molecule has 1 aromatic rings. The first-order chi connectivity index (χ1) is 7.94. The molecular weight excluding hydrogens is 226 g/mol. The fourth-order valence-electron chi connectivity index (χ4n) is 2.12. The van der Waals surface area contributed by atoms with Crippen molar-refractivity contribution in [3.8, 4) is 0 Å². The van der Waals surface area contributed by atoms with Crippen LogP contribution in [0, 0.1) is 17.0 Å². The van der Waals surface area contributed by atoms with E-state index in [2.05, 4.69) is 0 Å². The zero-order valence-electron chi connectivity index (χ0n) is 12.4. The summed E-state index contributed by atoms with van der Waals surface area (Å²) >= 11 is 0. The lowest BCUT2D eigenvalue weighted by atomic mass is 9.78. The van der Waals surface area contributed by atoms with Crippen molar-refractivity contribution in [2.24, 2.45) is 0 Å². The van der Waals surface area contributed by atoms with E-state index in [9.17, 15) is 10.1 Å². The number of nitro groups is 1. The maximum absolute atomic E-state index is 11.5. The van der Waals surface area contributed by atoms with E-state index in [1.54, 1.807) is 0 Å². The summed E-state index contributed by atoms with van der Waals surface area (Å²) in [6, 6.07) is 3.88. The highest BCUT2D eigenvalue weighted by atomic mass is 16.6. The Morgan fingerprint density at radius 2 is 1.28 bits per heavy atom. The summed E-state index contributed by atoms with van der Waals surface area (Å²) in [6.07, 6.45) is 0. The van der Waals surface area contributed by atoms with Crippen LogP contribution in [-0.2, 0) is 10.8 Å². The van der Waals surface area contributed by atoms with Crippen LogP contribution in [0.15, 0.2) is 12.1 Å². The molecule has 0 radical (unpaired) electrons. The third kappa shape index (κ3) is 2.89. The highest BCUT2D eigenvalue weighted by Crippen LogP contribution is 2.39. The van der Waals surface area contributed by atoms with Gasteiger partial charge in [0, 0.05) is 11.1 Å². The standard InChI is InChI=1S/C15H23NO2/c1-10-8-11(14(2,3)4)13(16(17)18)12(9-10)15(5,6)7/h8-9H,1-7H3. The quantitative estimate of drug-likeness (QED) is 0.543. The van der Waals surface area contributed by atoms with Gasteiger partial charge in [0.25, 0.3) is 5.69 Å². The maximum Gasteiger partial charge on any atom is 0.276 e. The van der Waals surface area contributed by atoms with Gasteiger partial charge in [0.15, 0.2) is 0 Å². The second kappa shape index (κ2) is 4.38. The number of aryl methyl sites for hydroxylation is 1. The number of hydrogen-bond acceptors (Lipinski definition) is 2. The lowest BCUT2D eigenvalue weighted by Crippen LogP contribution is -2.20. The Balaban J connectivity index is 3.74. The molecule has 3 heteroatoms. The summed E-state index contributed by atoms with van der Waals surface area (Å²) in [4.78, 5) is 11.2. The van der Waals surface area contributed by atoms with Gasteiger partial charge in [0.05, 0.1) is 4.92 Å².